The van der Waals surface area contributed by atoms with Crippen molar-refractivity contribution in [3.8, 4) is 0 Å². The van der Waals surface area contributed by atoms with Crippen LogP contribution in [-0.2, 0) is 9.59 Å². The zero-order valence-electron chi connectivity index (χ0n) is 16.3. The second-order valence-corrected chi connectivity index (χ2v) is 9.10. The lowest BCUT2D eigenvalue weighted by molar-refractivity contribution is -0.171. The molecule has 1 aliphatic carbocycles. The third-order valence-corrected chi connectivity index (χ3v) is 6.36. The van der Waals surface area contributed by atoms with Crippen molar-refractivity contribution in [3.63, 3.8) is 0 Å². The molecule has 3 rings (SSSR count). The largest absolute Gasteiger partial charge is 0.471 e. The minimum Gasteiger partial charge on any atom is -0.351 e. The Labute approximate surface area is 182 Å². The topological polar surface area (TPSA) is 49.4 Å². The summed E-state index contributed by atoms with van der Waals surface area (Å²) in [5.74, 6) is -2.71. The fraction of sp³-hybridized carbons (Fsp3) is 0.429. The van der Waals surface area contributed by atoms with Gasteiger partial charge in [-0.05, 0) is 56.2 Å². The van der Waals surface area contributed by atoms with E-state index in [1.807, 2.05) is 0 Å². The number of thiophene rings is 1. The first-order chi connectivity index (χ1) is 14.2. The highest BCUT2D eigenvalue weighted by Crippen LogP contribution is 2.36. The first-order valence-electron chi connectivity index (χ1n) is 9.69. The van der Waals surface area contributed by atoms with E-state index in [9.17, 15) is 22.8 Å². The fourth-order valence-corrected chi connectivity index (χ4v) is 4.72. The van der Waals surface area contributed by atoms with E-state index in [1.54, 1.807) is 19.1 Å². The van der Waals surface area contributed by atoms with Crippen LogP contribution in [0.4, 0.5) is 18.9 Å². The van der Waals surface area contributed by atoms with E-state index in [4.69, 9.17) is 11.6 Å². The standard InChI is InChI=1S/C21H22ClF3N2O2S/c1-13-7-12-17(30-13)18(19(28)26-15-5-3-2-4-6-15)27(20(29)21(23,24)25)16-10-8-14(22)9-11-16/h7-12,15,18H,2-6H2,1H3,(H,26,28)/t18-/m0/s1. The number of rotatable bonds is 5. The molecule has 1 aliphatic rings. The van der Waals surface area contributed by atoms with Crippen LogP contribution in [0.25, 0.3) is 0 Å². The van der Waals surface area contributed by atoms with Crippen molar-refractivity contribution in [1.29, 1.82) is 0 Å². The van der Waals surface area contributed by atoms with E-state index < -0.39 is 24.0 Å². The van der Waals surface area contributed by atoms with Gasteiger partial charge in [0.25, 0.3) is 0 Å². The van der Waals surface area contributed by atoms with Gasteiger partial charge < -0.3 is 5.32 Å². The number of nitrogens with zero attached hydrogens (tertiary/aromatic N) is 1. The van der Waals surface area contributed by atoms with Gasteiger partial charge in [0, 0.05) is 26.5 Å². The van der Waals surface area contributed by atoms with Gasteiger partial charge in [-0.15, -0.1) is 11.3 Å². The molecule has 0 aliphatic heterocycles. The van der Waals surface area contributed by atoms with E-state index >= 15 is 0 Å². The van der Waals surface area contributed by atoms with Crippen LogP contribution < -0.4 is 10.2 Å². The van der Waals surface area contributed by atoms with E-state index in [-0.39, 0.29) is 11.7 Å². The molecule has 1 atom stereocenters. The molecular formula is C21H22ClF3N2O2S. The predicted molar refractivity (Wildman–Crippen MR) is 112 cm³/mol. The molecule has 0 bridgehead atoms. The van der Waals surface area contributed by atoms with Crippen molar-refractivity contribution in [2.24, 2.45) is 0 Å². The molecule has 0 unspecified atom stereocenters. The molecule has 1 aromatic heterocycles. The van der Waals surface area contributed by atoms with Crippen LogP contribution in [0.15, 0.2) is 36.4 Å². The third-order valence-electron chi connectivity index (χ3n) is 5.05. The van der Waals surface area contributed by atoms with Gasteiger partial charge in [-0.3, -0.25) is 14.5 Å². The summed E-state index contributed by atoms with van der Waals surface area (Å²) in [6.07, 6.45) is -0.614. The average Bonchev–Trinajstić information content (AvgIpc) is 3.12. The molecule has 2 amide bonds. The summed E-state index contributed by atoms with van der Waals surface area (Å²) in [7, 11) is 0. The number of carbonyl (C=O) groups is 2. The minimum absolute atomic E-state index is 0.0448. The number of amides is 2. The number of halogens is 4. The van der Waals surface area contributed by atoms with E-state index in [0.717, 1.165) is 37.0 Å². The first kappa shape index (κ1) is 22.6. The summed E-state index contributed by atoms with van der Waals surface area (Å²) in [6.45, 7) is 1.79. The summed E-state index contributed by atoms with van der Waals surface area (Å²) in [4.78, 5) is 27.4. The Morgan fingerprint density at radius 1 is 1.10 bits per heavy atom. The molecule has 1 heterocycles. The van der Waals surface area contributed by atoms with Crippen LogP contribution in [0.5, 0.6) is 0 Å². The molecule has 0 spiro atoms. The molecule has 0 saturated heterocycles. The Morgan fingerprint density at radius 2 is 1.73 bits per heavy atom. The van der Waals surface area contributed by atoms with Gasteiger partial charge in [-0.25, -0.2) is 0 Å². The Bertz CT molecular complexity index is 892. The third kappa shape index (κ3) is 5.35. The molecule has 4 nitrogen and oxygen atoms in total. The summed E-state index contributed by atoms with van der Waals surface area (Å²) < 4.78 is 40.6. The van der Waals surface area contributed by atoms with E-state index in [2.05, 4.69) is 5.32 Å². The number of hydrogen-bond acceptors (Lipinski definition) is 3. The van der Waals surface area contributed by atoms with Crippen molar-refractivity contribution in [2.45, 2.75) is 57.3 Å². The van der Waals surface area contributed by atoms with Gasteiger partial charge in [0.15, 0.2) is 6.04 Å². The van der Waals surface area contributed by atoms with Crippen LogP contribution in [0, 0.1) is 6.92 Å². The average molecular weight is 459 g/mol. The monoisotopic (exact) mass is 458 g/mol. The lowest BCUT2D eigenvalue weighted by atomic mass is 9.95. The molecule has 1 N–H and O–H groups in total. The Morgan fingerprint density at radius 3 is 2.27 bits per heavy atom. The first-order valence-corrected chi connectivity index (χ1v) is 10.9. The number of benzene rings is 1. The zero-order chi connectivity index (χ0) is 21.9. The van der Waals surface area contributed by atoms with Gasteiger partial charge in [0.05, 0.1) is 0 Å². The highest BCUT2D eigenvalue weighted by molar-refractivity contribution is 7.12. The van der Waals surface area contributed by atoms with Gasteiger partial charge in [0.1, 0.15) is 0 Å². The molecular weight excluding hydrogens is 437 g/mol. The van der Waals surface area contributed by atoms with Crippen molar-refractivity contribution in [1.82, 2.24) is 5.32 Å². The van der Waals surface area contributed by atoms with Crippen LogP contribution in [0.2, 0.25) is 5.02 Å². The molecule has 1 fully saturated rings. The predicted octanol–water partition coefficient (Wildman–Crippen LogP) is 5.80. The van der Waals surface area contributed by atoms with Crippen LogP contribution in [-0.4, -0.2) is 24.0 Å². The maximum atomic E-state index is 13.5. The van der Waals surface area contributed by atoms with E-state index in [0.29, 0.717) is 14.8 Å². The minimum atomic E-state index is -5.14. The number of hydrogen-bond donors (Lipinski definition) is 1. The summed E-state index contributed by atoms with van der Waals surface area (Å²) in [5.41, 5.74) is -0.0448. The fourth-order valence-electron chi connectivity index (χ4n) is 3.62. The SMILES string of the molecule is Cc1ccc([C@@H](C(=O)NC2CCCCC2)N(C(=O)C(F)(F)F)c2ccc(Cl)cc2)s1. The van der Waals surface area contributed by atoms with Crippen LogP contribution in [0.3, 0.4) is 0 Å². The maximum Gasteiger partial charge on any atom is 0.471 e. The second kappa shape index (κ2) is 9.39. The van der Waals surface area contributed by atoms with Gasteiger partial charge in [-0.2, -0.15) is 13.2 Å². The van der Waals surface area contributed by atoms with Gasteiger partial charge in [0.2, 0.25) is 5.91 Å². The van der Waals surface area contributed by atoms with Crippen molar-refractivity contribution < 1.29 is 22.8 Å². The molecule has 1 aromatic carbocycles. The molecule has 1 saturated carbocycles. The lowest BCUT2D eigenvalue weighted by Crippen LogP contribution is -2.50. The Hall–Kier alpha value is -2.06. The van der Waals surface area contributed by atoms with Crippen molar-refractivity contribution in [3.05, 3.63) is 51.2 Å². The van der Waals surface area contributed by atoms with Crippen LogP contribution >= 0.6 is 22.9 Å². The molecule has 30 heavy (non-hydrogen) atoms. The molecule has 2 aromatic rings. The zero-order valence-corrected chi connectivity index (χ0v) is 17.9. The Balaban J connectivity index is 2.04. The number of anilines is 1. The summed E-state index contributed by atoms with van der Waals surface area (Å²) in [6, 6.07) is 7.19. The summed E-state index contributed by atoms with van der Waals surface area (Å²) >= 11 is 7.07. The number of aryl methyl sites for hydroxylation is 1. The number of nitrogens with one attached hydrogen (secondary N) is 1. The lowest BCUT2D eigenvalue weighted by Gasteiger charge is -2.33. The quantitative estimate of drug-likeness (QED) is 0.616. The van der Waals surface area contributed by atoms with Crippen molar-refractivity contribution >= 4 is 40.4 Å². The highest BCUT2D eigenvalue weighted by Gasteiger charge is 2.48. The summed E-state index contributed by atoms with van der Waals surface area (Å²) in [5, 5.41) is 3.19. The molecule has 9 heteroatoms. The van der Waals surface area contributed by atoms with Gasteiger partial charge in [-0.1, -0.05) is 30.9 Å². The van der Waals surface area contributed by atoms with Crippen LogP contribution in [0.1, 0.15) is 47.9 Å². The second-order valence-electron chi connectivity index (χ2n) is 7.34. The number of alkyl halides is 3. The number of carbonyl (C=O) groups excluding carboxylic acids is 2. The maximum absolute atomic E-state index is 13.5. The smallest absolute Gasteiger partial charge is 0.351 e. The normalized spacial score (nSPS) is 16.2. The van der Waals surface area contributed by atoms with Gasteiger partial charge >= 0.3 is 12.1 Å². The molecule has 0 radical (unpaired) electrons. The van der Waals surface area contributed by atoms with E-state index in [1.165, 1.54) is 35.6 Å². The van der Waals surface area contributed by atoms with Crippen molar-refractivity contribution in [2.75, 3.05) is 4.90 Å². The molecule has 162 valence electrons. The Kier molecular flexibility index (Phi) is 7.08. The highest BCUT2D eigenvalue weighted by atomic mass is 35.5.